The Hall–Kier alpha value is -2.47. The van der Waals surface area contributed by atoms with Crippen LogP contribution in [0.3, 0.4) is 0 Å². The molecule has 1 aliphatic rings. The number of hydrogen-bond acceptors (Lipinski definition) is 4. The van der Waals surface area contributed by atoms with Crippen LogP contribution in [-0.4, -0.2) is 43.2 Å². The maximum atomic E-state index is 12.7. The number of amides is 1. The fourth-order valence-electron chi connectivity index (χ4n) is 3.51. The third-order valence-corrected chi connectivity index (χ3v) is 5.83. The van der Waals surface area contributed by atoms with Crippen LogP contribution in [0.15, 0.2) is 72.1 Å². The molecule has 1 fully saturated rings. The number of morpholine rings is 1. The second kappa shape index (κ2) is 9.15. The number of carbonyl (C=O) groups is 1. The van der Waals surface area contributed by atoms with Crippen LogP contribution in [0, 0.1) is 0 Å². The molecule has 1 N–H and O–H groups in total. The Morgan fingerprint density at radius 3 is 2.61 bits per heavy atom. The SMILES string of the molecule is O=C(NCC1CN(Cc2ccccc2)CCO1)c1sccc1-c1ccccc1. The molecule has 4 nitrogen and oxygen atoms in total. The van der Waals surface area contributed by atoms with Crippen molar-refractivity contribution in [2.24, 2.45) is 0 Å². The molecule has 1 unspecified atom stereocenters. The maximum Gasteiger partial charge on any atom is 0.262 e. The van der Waals surface area contributed by atoms with Gasteiger partial charge in [0.2, 0.25) is 0 Å². The Balaban J connectivity index is 1.33. The van der Waals surface area contributed by atoms with Crippen LogP contribution in [0.5, 0.6) is 0 Å². The molecule has 1 amide bonds. The highest BCUT2D eigenvalue weighted by atomic mass is 32.1. The number of nitrogens with zero attached hydrogens (tertiary/aromatic N) is 1. The van der Waals surface area contributed by atoms with Crippen molar-refractivity contribution in [2.45, 2.75) is 12.6 Å². The van der Waals surface area contributed by atoms with E-state index in [4.69, 9.17) is 4.74 Å². The van der Waals surface area contributed by atoms with Gasteiger partial charge in [-0.25, -0.2) is 0 Å². The van der Waals surface area contributed by atoms with Crippen molar-refractivity contribution in [1.82, 2.24) is 10.2 Å². The first kappa shape index (κ1) is 18.9. The van der Waals surface area contributed by atoms with Crippen LogP contribution < -0.4 is 5.32 Å². The lowest BCUT2D eigenvalue weighted by molar-refractivity contribution is -0.0292. The molecule has 1 aromatic heterocycles. The Bertz CT molecular complexity index is 895. The Morgan fingerprint density at radius 1 is 1.07 bits per heavy atom. The predicted octanol–water partition coefficient (Wildman–Crippen LogP) is 4.05. The molecule has 5 heteroatoms. The van der Waals surface area contributed by atoms with Crippen molar-refractivity contribution in [3.8, 4) is 11.1 Å². The van der Waals surface area contributed by atoms with Crippen molar-refractivity contribution in [3.05, 3.63) is 82.6 Å². The summed E-state index contributed by atoms with van der Waals surface area (Å²) in [5.41, 5.74) is 3.36. The molecule has 0 radical (unpaired) electrons. The number of rotatable bonds is 6. The van der Waals surface area contributed by atoms with Crippen molar-refractivity contribution < 1.29 is 9.53 Å². The number of carbonyl (C=O) groups excluding carboxylic acids is 1. The second-order valence-corrected chi connectivity index (χ2v) is 7.87. The van der Waals surface area contributed by atoms with Gasteiger partial charge in [0.15, 0.2) is 0 Å². The molecule has 0 aliphatic carbocycles. The quantitative estimate of drug-likeness (QED) is 0.688. The highest BCUT2D eigenvalue weighted by Crippen LogP contribution is 2.28. The highest BCUT2D eigenvalue weighted by molar-refractivity contribution is 7.12. The number of thiophene rings is 1. The zero-order valence-corrected chi connectivity index (χ0v) is 16.5. The predicted molar refractivity (Wildman–Crippen MR) is 114 cm³/mol. The van der Waals surface area contributed by atoms with Gasteiger partial charge in [0.05, 0.1) is 17.6 Å². The minimum atomic E-state index is -0.0300. The van der Waals surface area contributed by atoms with E-state index in [9.17, 15) is 4.79 Å². The highest BCUT2D eigenvalue weighted by Gasteiger charge is 2.22. The Labute approximate surface area is 169 Å². The summed E-state index contributed by atoms with van der Waals surface area (Å²) >= 11 is 1.48. The lowest BCUT2D eigenvalue weighted by Crippen LogP contribution is -2.47. The maximum absolute atomic E-state index is 12.7. The topological polar surface area (TPSA) is 41.6 Å². The van der Waals surface area contributed by atoms with Crippen LogP contribution in [-0.2, 0) is 11.3 Å². The summed E-state index contributed by atoms with van der Waals surface area (Å²) in [6, 6.07) is 22.5. The summed E-state index contributed by atoms with van der Waals surface area (Å²) in [5.74, 6) is -0.0300. The minimum Gasteiger partial charge on any atom is -0.374 e. The van der Waals surface area contributed by atoms with Gasteiger partial charge in [-0.3, -0.25) is 9.69 Å². The molecule has 1 atom stereocenters. The lowest BCUT2D eigenvalue weighted by atomic mass is 10.1. The minimum absolute atomic E-state index is 0.0153. The van der Waals surface area contributed by atoms with Gasteiger partial charge in [0.1, 0.15) is 0 Å². The van der Waals surface area contributed by atoms with Gasteiger partial charge >= 0.3 is 0 Å². The average molecular weight is 393 g/mol. The molecule has 144 valence electrons. The molecule has 0 bridgehead atoms. The van der Waals surface area contributed by atoms with Gasteiger partial charge in [0.25, 0.3) is 5.91 Å². The van der Waals surface area contributed by atoms with Crippen LogP contribution in [0.2, 0.25) is 0 Å². The standard InChI is InChI=1S/C23H24N2O2S/c26-23(22-21(11-14-28-22)19-9-5-2-6-10-19)24-15-20-17-25(12-13-27-20)16-18-7-3-1-4-8-18/h1-11,14,20H,12-13,15-17H2,(H,24,26). The average Bonchev–Trinajstić information content (AvgIpc) is 3.24. The van der Waals surface area contributed by atoms with Crippen LogP contribution in [0.25, 0.3) is 11.1 Å². The van der Waals surface area contributed by atoms with Crippen molar-refractivity contribution in [2.75, 3.05) is 26.2 Å². The molecule has 2 heterocycles. The molecule has 28 heavy (non-hydrogen) atoms. The fraction of sp³-hybridized carbons (Fsp3) is 0.261. The third-order valence-electron chi connectivity index (χ3n) is 4.92. The molecule has 4 rings (SSSR count). The molecule has 1 aliphatic heterocycles. The van der Waals surface area contributed by atoms with Gasteiger partial charge in [0, 0.05) is 31.7 Å². The first-order valence-corrected chi connectivity index (χ1v) is 10.5. The van der Waals surface area contributed by atoms with E-state index in [-0.39, 0.29) is 12.0 Å². The first-order chi connectivity index (χ1) is 13.8. The van der Waals surface area contributed by atoms with Gasteiger partial charge < -0.3 is 10.1 Å². The first-order valence-electron chi connectivity index (χ1n) is 9.58. The van der Waals surface area contributed by atoms with E-state index in [0.717, 1.165) is 35.6 Å². The summed E-state index contributed by atoms with van der Waals surface area (Å²) in [7, 11) is 0. The van der Waals surface area contributed by atoms with Gasteiger partial charge in [-0.2, -0.15) is 0 Å². The van der Waals surface area contributed by atoms with E-state index in [1.807, 2.05) is 47.8 Å². The monoisotopic (exact) mass is 392 g/mol. The number of ether oxygens (including phenoxy) is 1. The Kier molecular flexibility index (Phi) is 6.17. The molecule has 0 saturated carbocycles. The van der Waals surface area contributed by atoms with Gasteiger partial charge in [-0.05, 0) is 22.6 Å². The zero-order valence-electron chi connectivity index (χ0n) is 15.7. The van der Waals surface area contributed by atoms with E-state index < -0.39 is 0 Å². The van der Waals surface area contributed by atoms with Crippen molar-refractivity contribution in [3.63, 3.8) is 0 Å². The summed E-state index contributed by atoms with van der Waals surface area (Å²) in [5, 5.41) is 5.04. The van der Waals surface area contributed by atoms with Crippen LogP contribution in [0.1, 0.15) is 15.2 Å². The van der Waals surface area contributed by atoms with Crippen molar-refractivity contribution in [1.29, 1.82) is 0 Å². The molecule has 3 aromatic rings. The summed E-state index contributed by atoms with van der Waals surface area (Å²) in [6.45, 7) is 3.88. The number of nitrogens with one attached hydrogen (secondary N) is 1. The smallest absolute Gasteiger partial charge is 0.262 e. The second-order valence-electron chi connectivity index (χ2n) is 6.95. The van der Waals surface area contributed by atoms with Gasteiger partial charge in [-0.1, -0.05) is 60.7 Å². The van der Waals surface area contributed by atoms with E-state index in [0.29, 0.717) is 13.2 Å². The summed E-state index contributed by atoms with van der Waals surface area (Å²) in [6.07, 6.45) is 0.0153. The molecule has 1 saturated heterocycles. The van der Waals surface area contributed by atoms with E-state index in [1.54, 1.807) is 0 Å². The summed E-state index contributed by atoms with van der Waals surface area (Å²) < 4.78 is 5.88. The molecule has 2 aromatic carbocycles. The Morgan fingerprint density at radius 2 is 1.82 bits per heavy atom. The largest absolute Gasteiger partial charge is 0.374 e. The molecular weight excluding hydrogens is 368 g/mol. The van der Waals surface area contributed by atoms with Crippen LogP contribution >= 0.6 is 11.3 Å². The third kappa shape index (κ3) is 4.68. The molecule has 0 spiro atoms. The van der Waals surface area contributed by atoms with Crippen molar-refractivity contribution >= 4 is 17.2 Å². The summed E-state index contributed by atoms with van der Waals surface area (Å²) in [4.78, 5) is 15.9. The van der Waals surface area contributed by atoms with E-state index in [1.165, 1.54) is 16.9 Å². The normalized spacial score (nSPS) is 17.4. The van der Waals surface area contributed by atoms with Crippen LogP contribution in [0.4, 0.5) is 0 Å². The van der Waals surface area contributed by atoms with Gasteiger partial charge in [-0.15, -0.1) is 11.3 Å². The lowest BCUT2D eigenvalue weighted by Gasteiger charge is -2.33. The van der Waals surface area contributed by atoms with E-state index >= 15 is 0 Å². The fourth-order valence-corrected chi connectivity index (χ4v) is 4.34. The zero-order chi connectivity index (χ0) is 19.2. The number of benzene rings is 2. The van der Waals surface area contributed by atoms with E-state index in [2.05, 4.69) is 34.5 Å². The molecular formula is C23H24N2O2S. The number of hydrogen-bond donors (Lipinski definition) is 1.